The van der Waals surface area contributed by atoms with Gasteiger partial charge in [0.05, 0.1) is 10.6 Å². The molecule has 2 aliphatic rings. The summed E-state index contributed by atoms with van der Waals surface area (Å²) in [6.45, 7) is 9.21. The lowest BCUT2D eigenvalue weighted by molar-refractivity contribution is 0.0878. The minimum Gasteiger partial charge on any atom is -0.263 e. The third kappa shape index (κ3) is 4.58. The normalized spacial score (nSPS) is 26.0. The van der Waals surface area contributed by atoms with Gasteiger partial charge in [0.25, 0.3) is 10.0 Å². The van der Waals surface area contributed by atoms with Crippen LogP contribution in [0.2, 0.25) is 0 Å². The number of anilines is 1. The lowest BCUT2D eigenvalue weighted by Gasteiger charge is -2.43. The van der Waals surface area contributed by atoms with Crippen molar-refractivity contribution in [2.24, 2.45) is 15.9 Å². The Morgan fingerprint density at radius 2 is 1.76 bits per heavy atom. The molecule has 1 aliphatic heterocycles. The molecule has 0 N–H and O–H groups in total. The van der Waals surface area contributed by atoms with Crippen molar-refractivity contribution in [2.75, 3.05) is 10.8 Å². The molecule has 33 heavy (non-hydrogen) atoms. The molecule has 7 heteroatoms. The molecule has 2 aromatic rings. The van der Waals surface area contributed by atoms with Crippen molar-refractivity contribution in [3.63, 3.8) is 0 Å². The van der Waals surface area contributed by atoms with Crippen LogP contribution < -0.4 is 4.31 Å². The second kappa shape index (κ2) is 8.84. The van der Waals surface area contributed by atoms with Gasteiger partial charge in [-0.05, 0) is 105 Å². The number of benzene rings is 2. The van der Waals surface area contributed by atoms with E-state index in [1.165, 1.54) is 25.7 Å². The molecule has 0 spiro atoms. The first-order chi connectivity index (χ1) is 15.6. The number of hydrogen-bond donors (Lipinski definition) is 0. The molecule has 0 atom stereocenters. The topological polar surface area (TPSA) is 86.1 Å². The van der Waals surface area contributed by atoms with E-state index in [-0.39, 0.29) is 11.5 Å². The summed E-state index contributed by atoms with van der Waals surface area (Å²) in [7, 11) is -3.50. The predicted molar refractivity (Wildman–Crippen MR) is 135 cm³/mol. The number of nitrogens with zero attached hydrogens (tertiary/aromatic N) is 4. The summed E-state index contributed by atoms with van der Waals surface area (Å²) in [4.78, 5) is 3.33. The van der Waals surface area contributed by atoms with Gasteiger partial charge in [0.15, 0.2) is 0 Å². The van der Waals surface area contributed by atoms with Gasteiger partial charge in [-0.3, -0.25) is 4.31 Å². The first-order valence-corrected chi connectivity index (χ1v) is 13.6. The lowest BCUT2D eigenvalue weighted by Crippen LogP contribution is -2.33. The molecule has 0 amide bonds. The molecule has 0 saturated heterocycles. The fraction of sp³-hybridized carbons (Fsp3) is 0.615. The highest BCUT2D eigenvalue weighted by Gasteiger charge is 2.39. The second-order valence-electron chi connectivity index (χ2n) is 11.0. The summed E-state index contributed by atoms with van der Waals surface area (Å²) in [6.07, 6.45) is 8.82. The van der Waals surface area contributed by atoms with Crippen molar-refractivity contribution in [2.45, 2.75) is 90.0 Å². The van der Waals surface area contributed by atoms with Crippen molar-refractivity contribution in [3.8, 4) is 0 Å². The maximum absolute atomic E-state index is 13.3. The Kier molecular flexibility index (Phi) is 6.41. The highest BCUT2D eigenvalue weighted by molar-refractivity contribution is 7.93. The smallest absolute Gasteiger partial charge is 0.263 e. The van der Waals surface area contributed by atoms with Gasteiger partial charge in [-0.2, -0.15) is 0 Å². The molecular weight excluding hydrogens is 432 g/mol. The Morgan fingerprint density at radius 3 is 2.39 bits per heavy atom. The Labute approximate surface area is 198 Å². The number of rotatable bonds is 8. The molecule has 4 rings (SSSR count). The summed E-state index contributed by atoms with van der Waals surface area (Å²) in [5.41, 5.74) is 11.0. The zero-order valence-electron chi connectivity index (χ0n) is 20.3. The quantitative estimate of drug-likeness (QED) is 0.175. The Balaban J connectivity index is 1.48. The third-order valence-electron chi connectivity index (χ3n) is 8.00. The molecule has 0 radical (unpaired) electrons. The zero-order valence-corrected chi connectivity index (χ0v) is 21.2. The van der Waals surface area contributed by atoms with Crippen LogP contribution in [-0.2, 0) is 16.4 Å². The highest BCUT2D eigenvalue weighted by atomic mass is 32.2. The fourth-order valence-electron chi connectivity index (χ4n) is 5.78. The molecule has 2 aromatic carbocycles. The van der Waals surface area contributed by atoms with Crippen LogP contribution in [0.3, 0.4) is 0 Å². The van der Waals surface area contributed by atoms with E-state index < -0.39 is 10.0 Å². The Bertz CT molecular complexity index is 1190. The number of sulfonamides is 1. The number of hydrogen-bond acceptors (Lipinski definition) is 3. The summed E-state index contributed by atoms with van der Waals surface area (Å²) in [5, 5.41) is 5.57. The molecule has 0 bridgehead atoms. The number of aryl methyl sites for hydroxylation is 1. The largest absolute Gasteiger partial charge is 0.265 e. The standard InChI is InChI=1S/C26H36N4O2S/c1-19(2)30-22-8-5-7-21-17-20(18-23(24(21)22)33(30,31)32)9-11-26(4)14-12-25(3,13-15-26)10-6-16-28-29-27/h5,7-8,17-19H,6,9-16H2,1-4H3. The monoisotopic (exact) mass is 468 g/mol. The van der Waals surface area contributed by atoms with E-state index in [0.29, 0.717) is 16.9 Å². The molecule has 1 aliphatic carbocycles. The summed E-state index contributed by atoms with van der Waals surface area (Å²) < 4.78 is 28.2. The van der Waals surface area contributed by atoms with Gasteiger partial charge in [-0.25, -0.2) is 8.42 Å². The highest BCUT2D eigenvalue weighted by Crippen LogP contribution is 2.50. The molecule has 1 fully saturated rings. The maximum Gasteiger partial charge on any atom is 0.265 e. The first kappa shape index (κ1) is 23.9. The van der Waals surface area contributed by atoms with E-state index >= 15 is 0 Å². The first-order valence-electron chi connectivity index (χ1n) is 12.2. The van der Waals surface area contributed by atoms with Crippen LogP contribution >= 0.6 is 0 Å². The molecule has 178 valence electrons. The van der Waals surface area contributed by atoms with Crippen LogP contribution in [0.25, 0.3) is 21.2 Å². The van der Waals surface area contributed by atoms with E-state index in [0.717, 1.165) is 47.7 Å². The van der Waals surface area contributed by atoms with Crippen LogP contribution in [0.1, 0.15) is 78.2 Å². The van der Waals surface area contributed by atoms with Gasteiger partial charge >= 0.3 is 0 Å². The van der Waals surface area contributed by atoms with E-state index in [2.05, 4.69) is 29.9 Å². The van der Waals surface area contributed by atoms with Crippen molar-refractivity contribution in [1.29, 1.82) is 0 Å². The minimum absolute atomic E-state index is 0.112. The average Bonchev–Trinajstić information content (AvgIpc) is 3.00. The van der Waals surface area contributed by atoms with Crippen LogP contribution in [0.15, 0.2) is 40.3 Å². The van der Waals surface area contributed by atoms with Gasteiger partial charge in [-0.15, -0.1) is 0 Å². The van der Waals surface area contributed by atoms with Gasteiger partial charge in [0.2, 0.25) is 0 Å². The second-order valence-corrected chi connectivity index (χ2v) is 12.8. The summed E-state index contributed by atoms with van der Waals surface area (Å²) in [6, 6.07) is 9.92. The van der Waals surface area contributed by atoms with Crippen molar-refractivity contribution < 1.29 is 8.42 Å². The number of azide groups is 1. The van der Waals surface area contributed by atoms with Crippen LogP contribution in [0, 0.1) is 10.8 Å². The Hall–Kier alpha value is -2.24. The van der Waals surface area contributed by atoms with Crippen molar-refractivity contribution in [3.05, 3.63) is 46.3 Å². The van der Waals surface area contributed by atoms with Gasteiger partial charge < -0.3 is 0 Å². The van der Waals surface area contributed by atoms with Gasteiger partial charge in [-0.1, -0.05) is 37.2 Å². The van der Waals surface area contributed by atoms with Crippen LogP contribution in [-0.4, -0.2) is 21.0 Å². The molecule has 0 unspecified atom stereocenters. The predicted octanol–water partition coefficient (Wildman–Crippen LogP) is 7.37. The summed E-state index contributed by atoms with van der Waals surface area (Å²) in [5.74, 6) is 0. The molecule has 1 saturated carbocycles. The molecule has 6 nitrogen and oxygen atoms in total. The molecular formula is C26H36N4O2S. The van der Waals surface area contributed by atoms with Crippen LogP contribution in [0.5, 0.6) is 0 Å². The molecule has 1 heterocycles. The maximum atomic E-state index is 13.3. The van der Waals surface area contributed by atoms with Gasteiger partial charge in [0.1, 0.15) is 0 Å². The van der Waals surface area contributed by atoms with E-state index in [4.69, 9.17) is 5.53 Å². The molecule has 0 aromatic heterocycles. The summed E-state index contributed by atoms with van der Waals surface area (Å²) >= 11 is 0. The zero-order chi connectivity index (χ0) is 23.9. The average molecular weight is 469 g/mol. The van der Waals surface area contributed by atoms with E-state index in [9.17, 15) is 8.42 Å². The fourth-order valence-corrected chi connectivity index (χ4v) is 7.73. The SMILES string of the molecule is CC(C)N1c2cccc3cc(CCC4(C)CCC(C)(CCCN=[N+]=[N-])CC4)cc(c23)S1(=O)=O. The lowest BCUT2D eigenvalue weighted by atomic mass is 9.62. The van der Waals surface area contributed by atoms with Crippen molar-refractivity contribution >= 4 is 26.5 Å². The van der Waals surface area contributed by atoms with E-state index in [1.54, 1.807) is 4.31 Å². The van der Waals surface area contributed by atoms with Gasteiger partial charge in [0, 0.05) is 22.9 Å². The Morgan fingerprint density at radius 1 is 1.09 bits per heavy atom. The van der Waals surface area contributed by atoms with E-state index in [1.807, 2.05) is 38.1 Å². The van der Waals surface area contributed by atoms with Crippen LogP contribution in [0.4, 0.5) is 5.69 Å². The van der Waals surface area contributed by atoms with Crippen molar-refractivity contribution in [1.82, 2.24) is 0 Å². The minimum atomic E-state index is -3.50. The third-order valence-corrected chi connectivity index (χ3v) is 10.0.